The van der Waals surface area contributed by atoms with E-state index in [1.165, 1.54) is 36.3 Å². The van der Waals surface area contributed by atoms with Crippen molar-refractivity contribution < 1.29 is 0 Å². The third-order valence-electron chi connectivity index (χ3n) is 3.88. The van der Waals surface area contributed by atoms with Gasteiger partial charge in [0.1, 0.15) is 0 Å². The van der Waals surface area contributed by atoms with Crippen molar-refractivity contribution in [2.45, 2.75) is 31.2 Å². The first kappa shape index (κ1) is 10.2. The molecule has 1 aliphatic heterocycles. The van der Waals surface area contributed by atoms with Crippen LogP contribution in [0.1, 0.15) is 29.2 Å². The Hall–Kier alpha value is -0.930. The van der Waals surface area contributed by atoms with E-state index in [9.17, 15) is 0 Å². The molecule has 86 valence electrons. The standard InChI is InChI=1S/C13H19N3/c1-16-3-2-9(8-16)11-4-10-5-12(14)6-13(10)15-7-11/h4,7,9,12H,2-3,5-6,8,14H2,1H3. The van der Waals surface area contributed by atoms with Crippen molar-refractivity contribution in [3.63, 3.8) is 0 Å². The molecule has 2 atom stereocenters. The number of aromatic nitrogens is 1. The molecule has 0 aromatic carbocycles. The summed E-state index contributed by atoms with van der Waals surface area (Å²) in [6.07, 6.45) is 5.31. The lowest BCUT2D eigenvalue weighted by Gasteiger charge is -2.11. The van der Waals surface area contributed by atoms with Crippen molar-refractivity contribution in [1.29, 1.82) is 0 Å². The first-order valence-electron chi connectivity index (χ1n) is 6.14. The Kier molecular flexibility index (Phi) is 2.45. The lowest BCUT2D eigenvalue weighted by molar-refractivity contribution is 0.411. The topological polar surface area (TPSA) is 42.2 Å². The van der Waals surface area contributed by atoms with E-state index in [1.54, 1.807) is 0 Å². The Morgan fingerprint density at radius 2 is 2.31 bits per heavy atom. The average molecular weight is 217 g/mol. The van der Waals surface area contributed by atoms with Crippen LogP contribution in [0.4, 0.5) is 0 Å². The van der Waals surface area contributed by atoms with Crippen LogP contribution in [-0.4, -0.2) is 36.1 Å². The SMILES string of the molecule is CN1CCC(c2cnc3c(c2)CC(N)C3)C1. The normalized spacial score (nSPS) is 29.6. The number of likely N-dealkylation sites (tertiary alicyclic amines) is 1. The molecular weight excluding hydrogens is 198 g/mol. The highest BCUT2D eigenvalue weighted by molar-refractivity contribution is 5.33. The minimum atomic E-state index is 0.295. The summed E-state index contributed by atoms with van der Waals surface area (Å²) in [6, 6.07) is 2.64. The van der Waals surface area contributed by atoms with Crippen molar-refractivity contribution in [2.75, 3.05) is 20.1 Å². The van der Waals surface area contributed by atoms with E-state index in [-0.39, 0.29) is 0 Å². The quantitative estimate of drug-likeness (QED) is 0.761. The largest absolute Gasteiger partial charge is 0.327 e. The summed E-state index contributed by atoms with van der Waals surface area (Å²) in [5.41, 5.74) is 9.99. The summed E-state index contributed by atoms with van der Waals surface area (Å²) < 4.78 is 0. The predicted molar refractivity (Wildman–Crippen MR) is 64.5 cm³/mol. The summed E-state index contributed by atoms with van der Waals surface area (Å²) >= 11 is 0. The maximum Gasteiger partial charge on any atom is 0.0451 e. The molecule has 3 heteroatoms. The van der Waals surface area contributed by atoms with Crippen LogP contribution in [0.25, 0.3) is 0 Å². The molecule has 0 amide bonds. The van der Waals surface area contributed by atoms with Crippen LogP contribution in [0.2, 0.25) is 0 Å². The Labute approximate surface area is 96.7 Å². The molecule has 1 aromatic heterocycles. The number of nitrogens with two attached hydrogens (primary N) is 1. The van der Waals surface area contributed by atoms with Crippen LogP contribution in [0, 0.1) is 0 Å². The number of hydrogen-bond acceptors (Lipinski definition) is 3. The number of nitrogens with zero attached hydrogens (tertiary/aromatic N) is 2. The van der Waals surface area contributed by atoms with Crippen LogP contribution in [0.5, 0.6) is 0 Å². The van der Waals surface area contributed by atoms with Crippen LogP contribution < -0.4 is 5.73 Å². The van der Waals surface area contributed by atoms with Gasteiger partial charge in [0.15, 0.2) is 0 Å². The van der Waals surface area contributed by atoms with E-state index in [0.717, 1.165) is 12.8 Å². The van der Waals surface area contributed by atoms with Crippen molar-refractivity contribution in [3.8, 4) is 0 Å². The second kappa shape index (κ2) is 3.82. The number of likely N-dealkylation sites (N-methyl/N-ethyl adjacent to an activating group) is 1. The fourth-order valence-corrected chi connectivity index (χ4v) is 2.95. The zero-order valence-corrected chi connectivity index (χ0v) is 9.82. The molecule has 1 aromatic rings. The third-order valence-corrected chi connectivity index (χ3v) is 3.88. The highest BCUT2D eigenvalue weighted by atomic mass is 15.1. The van der Waals surface area contributed by atoms with Gasteiger partial charge in [0.2, 0.25) is 0 Å². The smallest absolute Gasteiger partial charge is 0.0451 e. The van der Waals surface area contributed by atoms with Gasteiger partial charge in [-0.2, -0.15) is 0 Å². The van der Waals surface area contributed by atoms with Gasteiger partial charge in [-0.25, -0.2) is 0 Å². The first-order chi connectivity index (χ1) is 7.72. The molecule has 2 N–H and O–H groups in total. The van der Waals surface area contributed by atoms with Crippen LogP contribution in [0.3, 0.4) is 0 Å². The van der Waals surface area contributed by atoms with Gasteiger partial charge >= 0.3 is 0 Å². The molecule has 1 aliphatic carbocycles. The Bertz CT molecular complexity index is 402. The number of fused-ring (bicyclic) bond motifs is 1. The monoisotopic (exact) mass is 217 g/mol. The summed E-state index contributed by atoms with van der Waals surface area (Å²) in [5.74, 6) is 0.680. The maximum atomic E-state index is 5.96. The predicted octanol–water partition coefficient (Wildman–Crippen LogP) is 0.927. The van der Waals surface area contributed by atoms with Gasteiger partial charge in [0.05, 0.1) is 0 Å². The van der Waals surface area contributed by atoms with Crippen molar-refractivity contribution in [1.82, 2.24) is 9.88 Å². The molecule has 0 radical (unpaired) electrons. The molecule has 2 heterocycles. The van der Waals surface area contributed by atoms with E-state index in [4.69, 9.17) is 5.73 Å². The van der Waals surface area contributed by atoms with Crippen molar-refractivity contribution >= 4 is 0 Å². The lowest BCUT2D eigenvalue weighted by atomic mass is 9.98. The molecule has 1 fully saturated rings. The minimum absolute atomic E-state index is 0.295. The Balaban J connectivity index is 1.85. The summed E-state index contributed by atoms with van der Waals surface area (Å²) in [5, 5.41) is 0. The van der Waals surface area contributed by atoms with E-state index < -0.39 is 0 Å². The first-order valence-corrected chi connectivity index (χ1v) is 6.14. The molecule has 3 nitrogen and oxygen atoms in total. The maximum absolute atomic E-state index is 5.96. The van der Waals surface area contributed by atoms with Gasteiger partial charge in [-0.1, -0.05) is 6.07 Å². The van der Waals surface area contributed by atoms with E-state index >= 15 is 0 Å². The van der Waals surface area contributed by atoms with E-state index in [2.05, 4.69) is 29.2 Å². The van der Waals surface area contributed by atoms with Crippen LogP contribution in [0.15, 0.2) is 12.3 Å². The summed E-state index contributed by atoms with van der Waals surface area (Å²) in [4.78, 5) is 6.97. The Morgan fingerprint density at radius 1 is 1.44 bits per heavy atom. The molecule has 0 saturated carbocycles. The summed E-state index contributed by atoms with van der Waals surface area (Å²) in [7, 11) is 2.19. The minimum Gasteiger partial charge on any atom is -0.327 e. The van der Waals surface area contributed by atoms with E-state index in [1.807, 2.05) is 0 Å². The van der Waals surface area contributed by atoms with Gasteiger partial charge in [0.25, 0.3) is 0 Å². The van der Waals surface area contributed by atoms with Gasteiger partial charge in [-0.3, -0.25) is 4.98 Å². The molecule has 1 saturated heterocycles. The number of rotatable bonds is 1. The van der Waals surface area contributed by atoms with Crippen molar-refractivity contribution in [2.24, 2.45) is 5.73 Å². The zero-order valence-electron chi connectivity index (χ0n) is 9.82. The average Bonchev–Trinajstić information content (AvgIpc) is 2.81. The lowest BCUT2D eigenvalue weighted by Crippen LogP contribution is -2.19. The second-order valence-electron chi connectivity index (χ2n) is 5.29. The molecule has 16 heavy (non-hydrogen) atoms. The molecule has 3 rings (SSSR count). The zero-order chi connectivity index (χ0) is 11.1. The van der Waals surface area contributed by atoms with Gasteiger partial charge in [-0.15, -0.1) is 0 Å². The number of hydrogen-bond donors (Lipinski definition) is 1. The Morgan fingerprint density at radius 3 is 3.06 bits per heavy atom. The van der Waals surface area contributed by atoms with Crippen molar-refractivity contribution in [3.05, 3.63) is 29.1 Å². The fraction of sp³-hybridized carbons (Fsp3) is 0.615. The van der Waals surface area contributed by atoms with Crippen LogP contribution >= 0.6 is 0 Å². The fourth-order valence-electron chi connectivity index (χ4n) is 2.95. The highest BCUT2D eigenvalue weighted by Gasteiger charge is 2.24. The van der Waals surface area contributed by atoms with Gasteiger partial charge < -0.3 is 10.6 Å². The van der Waals surface area contributed by atoms with Gasteiger partial charge in [-0.05, 0) is 43.5 Å². The molecular formula is C13H19N3. The van der Waals surface area contributed by atoms with Gasteiger partial charge in [0, 0.05) is 30.9 Å². The van der Waals surface area contributed by atoms with Crippen LogP contribution in [-0.2, 0) is 12.8 Å². The summed E-state index contributed by atoms with van der Waals surface area (Å²) in [6.45, 7) is 2.38. The molecule has 2 aliphatic rings. The third kappa shape index (κ3) is 1.74. The molecule has 0 spiro atoms. The second-order valence-corrected chi connectivity index (χ2v) is 5.29. The molecule has 2 unspecified atom stereocenters. The number of pyridine rings is 1. The molecule has 0 bridgehead atoms. The highest BCUT2D eigenvalue weighted by Crippen LogP contribution is 2.29. The van der Waals surface area contributed by atoms with E-state index in [0.29, 0.717) is 12.0 Å².